The predicted molar refractivity (Wildman–Crippen MR) is 87.1 cm³/mol. The van der Waals surface area contributed by atoms with Crippen molar-refractivity contribution in [3.05, 3.63) is 17.5 Å². The van der Waals surface area contributed by atoms with Gasteiger partial charge in [-0.2, -0.15) is 0 Å². The van der Waals surface area contributed by atoms with Gasteiger partial charge in [0.1, 0.15) is 6.04 Å². The molecule has 1 aromatic rings. The van der Waals surface area contributed by atoms with E-state index in [1.54, 1.807) is 6.07 Å². The summed E-state index contributed by atoms with van der Waals surface area (Å²) in [6.45, 7) is 9.51. The Balaban J connectivity index is 2.05. The summed E-state index contributed by atoms with van der Waals surface area (Å²) in [5.74, 6) is 0.0439. The summed E-state index contributed by atoms with van der Waals surface area (Å²) in [7, 11) is 0. The van der Waals surface area contributed by atoms with Crippen molar-refractivity contribution in [2.45, 2.75) is 58.9 Å². The summed E-state index contributed by atoms with van der Waals surface area (Å²) in [5, 5.41) is 6.77. The zero-order chi connectivity index (χ0) is 17.0. The Morgan fingerprint density at radius 2 is 1.96 bits per heavy atom. The fourth-order valence-corrected chi connectivity index (χ4v) is 2.70. The van der Waals surface area contributed by atoms with E-state index in [1.807, 2.05) is 25.7 Å². The van der Waals surface area contributed by atoms with Gasteiger partial charge in [-0.05, 0) is 25.2 Å². The minimum atomic E-state index is -0.530. The Kier molecular flexibility index (Phi) is 5.80. The molecular formula is C17H27N3O3. The molecular weight excluding hydrogens is 294 g/mol. The second kappa shape index (κ2) is 7.62. The van der Waals surface area contributed by atoms with Crippen LogP contribution in [0.3, 0.4) is 0 Å². The molecule has 1 N–H and O–H groups in total. The highest BCUT2D eigenvalue weighted by atomic mass is 16.5. The molecule has 6 heteroatoms. The molecule has 0 unspecified atom stereocenters. The van der Waals surface area contributed by atoms with E-state index in [2.05, 4.69) is 17.4 Å². The fourth-order valence-electron chi connectivity index (χ4n) is 2.70. The summed E-state index contributed by atoms with van der Waals surface area (Å²) in [5.41, 5.74) is 0.768. The monoisotopic (exact) mass is 321 g/mol. The van der Waals surface area contributed by atoms with E-state index in [-0.39, 0.29) is 29.4 Å². The molecule has 128 valence electrons. The molecule has 2 rings (SSSR count). The van der Waals surface area contributed by atoms with Crippen LogP contribution in [0.5, 0.6) is 0 Å². The van der Waals surface area contributed by atoms with E-state index in [0.717, 1.165) is 38.0 Å². The molecule has 23 heavy (non-hydrogen) atoms. The minimum Gasteiger partial charge on any atom is -0.351 e. The van der Waals surface area contributed by atoms with E-state index in [0.29, 0.717) is 0 Å². The SMILES string of the molecule is CC[C@H](C)c1cc(C(=O)N[C@H](C(=O)N2CCCC2)C(C)C)on1. The number of amides is 2. The molecule has 1 aliphatic heterocycles. The summed E-state index contributed by atoms with van der Waals surface area (Å²) in [6, 6.07) is 1.14. The van der Waals surface area contributed by atoms with E-state index in [4.69, 9.17) is 4.52 Å². The molecule has 0 aliphatic carbocycles. The molecule has 0 spiro atoms. The van der Waals surface area contributed by atoms with E-state index >= 15 is 0 Å². The van der Waals surface area contributed by atoms with Gasteiger partial charge in [0.15, 0.2) is 0 Å². The smallest absolute Gasteiger partial charge is 0.290 e. The summed E-state index contributed by atoms with van der Waals surface area (Å²) in [6.07, 6.45) is 2.99. The van der Waals surface area contributed by atoms with Gasteiger partial charge in [-0.1, -0.05) is 32.9 Å². The molecule has 2 heterocycles. The summed E-state index contributed by atoms with van der Waals surface area (Å²) < 4.78 is 5.15. The normalized spacial score (nSPS) is 17.3. The van der Waals surface area contributed by atoms with Crippen molar-refractivity contribution in [1.29, 1.82) is 0 Å². The van der Waals surface area contributed by atoms with Gasteiger partial charge >= 0.3 is 0 Å². The van der Waals surface area contributed by atoms with Crippen LogP contribution in [0.15, 0.2) is 10.6 Å². The first-order valence-corrected chi connectivity index (χ1v) is 8.50. The van der Waals surface area contributed by atoms with Gasteiger partial charge in [0, 0.05) is 25.1 Å². The Labute approximate surface area is 137 Å². The van der Waals surface area contributed by atoms with Crippen LogP contribution in [0, 0.1) is 5.92 Å². The lowest BCUT2D eigenvalue weighted by Gasteiger charge is -2.26. The first-order valence-electron chi connectivity index (χ1n) is 8.50. The average molecular weight is 321 g/mol. The van der Waals surface area contributed by atoms with Crippen LogP contribution in [-0.4, -0.2) is 41.0 Å². The van der Waals surface area contributed by atoms with E-state index in [9.17, 15) is 9.59 Å². The molecule has 0 bridgehead atoms. The molecule has 1 fully saturated rings. The number of carbonyl (C=O) groups excluding carboxylic acids is 2. The molecule has 6 nitrogen and oxygen atoms in total. The van der Waals surface area contributed by atoms with Gasteiger partial charge in [0.2, 0.25) is 11.7 Å². The van der Waals surface area contributed by atoms with Crippen LogP contribution in [0.1, 0.15) is 69.1 Å². The maximum absolute atomic E-state index is 12.6. The molecule has 1 saturated heterocycles. The molecule has 0 radical (unpaired) electrons. The number of nitrogens with one attached hydrogen (secondary N) is 1. The van der Waals surface area contributed by atoms with Crippen LogP contribution in [0.2, 0.25) is 0 Å². The van der Waals surface area contributed by atoms with Crippen molar-refractivity contribution in [3.8, 4) is 0 Å². The number of hydrogen-bond donors (Lipinski definition) is 1. The van der Waals surface area contributed by atoms with Crippen molar-refractivity contribution < 1.29 is 14.1 Å². The number of nitrogens with zero attached hydrogens (tertiary/aromatic N) is 2. The highest BCUT2D eigenvalue weighted by molar-refractivity contribution is 5.95. The first-order chi connectivity index (χ1) is 10.9. The van der Waals surface area contributed by atoms with Crippen molar-refractivity contribution >= 4 is 11.8 Å². The Morgan fingerprint density at radius 3 is 2.52 bits per heavy atom. The van der Waals surface area contributed by atoms with Gasteiger partial charge in [0.25, 0.3) is 5.91 Å². The van der Waals surface area contributed by atoms with Crippen molar-refractivity contribution in [2.24, 2.45) is 5.92 Å². The summed E-state index contributed by atoms with van der Waals surface area (Å²) in [4.78, 5) is 26.8. The minimum absolute atomic E-state index is 0.00693. The van der Waals surface area contributed by atoms with Gasteiger partial charge in [-0.25, -0.2) is 0 Å². The van der Waals surface area contributed by atoms with Gasteiger partial charge in [-0.15, -0.1) is 0 Å². The molecule has 0 saturated carbocycles. The highest BCUT2D eigenvalue weighted by Gasteiger charge is 2.31. The zero-order valence-electron chi connectivity index (χ0n) is 14.5. The lowest BCUT2D eigenvalue weighted by Crippen LogP contribution is -2.50. The second-order valence-corrected chi connectivity index (χ2v) is 6.65. The maximum Gasteiger partial charge on any atom is 0.290 e. The number of carbonyl (C=O) groups is 2. The van der Waals surface area contributed by atoms with Gasteiger partial charge in [0.05, 0.1) is 5.69 Å². The van der Waals surface area contributed by atoms with E-state index < -0.39 is 6.04 Å². The van der Waals surface area contributed by atoms with Crippen molar-refractivity contribution in [2.75, 3.05) is 13.1 Å². The Morgan fingerprint density at radius 1 is 1.30 bits per heavy atom. The van der Waals surface area contributed by atoms with E-state index in [1.165, 1.54) is 0 Å². The third-order valence-corrected chi connectivity index (χ3v) is 4.51. The Bertz CT molecular complexity index is 547. The standard InChI is InChI=1S/C17H27N3O3/c1-5-12(4)13-10-14(23-19-13)16(21)18-15(11(2)3)17(22)20-8-6-7-9-20/h10-12,15H,5-9H2,1-4H3,(H,18,21)/t12-,15-/m0/s1. The average Bonchev–Trinajstić information content (AvgIpc) is 3.21. The maximum atomic E-state index is 12.6. The van der Waals surface area contributed by atoms with Crippen LogP contribution in [0.4, 0.5) is 0 Å². The van der Waals surface area contributed by atoms with Crippen LogP contribution < -0.4 is 5.32 Å². The van der Waals surface area contributed by atoms with Crippen LogP contribution in [-0.2, 0) is 4.79 Å². The highest BCUT2D eigenvalue weighted by Crippen LogP contribution is 2.19. The third kappa shape index (κ3) is 4.12. The fraction of sp³-hybridized carbons (Fsp3) is 0.706. The first kappa shape index (κ1) is 17.5. The lowest BCUT2D eigenvalue weighted by atomic mass is 10.0. The number of rotatable bonds is 6. The quantitative estimate of drug-likeness (QED) is 0.873. The topological polar surface area (TPSA) is 75.4 Å². The predicted octanol–water partition coefficient (Wildman–Crippen LogP) is 2.56. The van der Waals surface area contributed by atoms with Gasteiger partial charge < -0.3 is 14.7 Å². The number of likely N-dealkylation sites (tertiary alicyclic amines) is 1. The van der Waals surface area contributed by atoms with Crippen molar-refractivity contribution in [3.63, 3.8) is 0 Å². The molecule has 1 aromatic heterocycles. The zero-order valence-corrected chi connectivity index (χ0v) is 14.5. The lowest BCUT2D eigenvalue weighted by molar-refractivity contribution is -0.133. The largest absolute Gasteiger partial charge is 0.351 e. The van der Waals surface area contributed by atoms with Crippen LogP contribution in [0.25, 0.3) is 0 Å². The third-order valence-electron chi connectivity index (χ3n) is 4.51. The Hall–Kier alpha value is -1.85. The molecule has 2 amide bonds. The molecule has 0 aromatic carbocycles. The number of hydrogen-bond acceptors (Lipinski definition) is 4. The van der Waals surface area contributed by atoms with Crippen molar-refractivity contribution in [1.82, 2.24) is 15.4 Å². The second-order valence-electron chi connectivity index (χ2n) is 6.65. The molecule has 2 atom stereocenters. The summed E-state index contributed by atoms with van der Waals surface area (Å²) >= 11 is 0. The number of aromatic nitrogens is 1. The molecule has 1 aliphatic rings. The van der Waals surface area contributed by atoms with Crippen LogP contribution >= 0.6 is 0 Å². The van der Waals surface area contributed by atoms with Gasteiger partial charge in [-0.3, -0.25) is 9.59 Å².